The van der Waals surface area contributed by atoms with Crippen molar-refractivity contribution in [2.24, 2.45) is 0 Å². The summed E-state index contributed by atoms with van der Waals surface area (Å²) in [5.74, 6) is -0.338. The molecule has 0 fully saturated rings. The van der Waals surface area contributed by atoms with Gasteiger partial charge in [-0.05, 0) is 12.8 Å². The van der Waals surface area contributed by atoms with Crippen molar-refractivity contribution < 1.29 is 19.1 Å². The predicted molar refractivity (Wildman–Crippen MR) is 82.7 cm³/mol. The third kappa shape index (κ3) is 2.82. The first-order valence-corrected chi connectivity index (χ1v) is 7.03. The fraction of sp³-hybridized carbons (Fsp3) is 0.438. The highest BCUT2D eigenvalue weighted by molar-refractivity contribution is 6.01. The quantitative estimate of drug-likeness (QED) is 0.881. The van der Waals surface area contributed by atoms with Crippen molar-refractivity contribution in [3.8, 4) is 5.75 Å². The highest BCUT2D eigenvalue weighted by Gasteiger charge is 2.23. The summed E-state index contributed by atoms with van der Waals surface area (Å²) in [6, 6.07) is 3.64. The third-order valence-electron chi connectivity index (χ3n) is 3.53. The standard InChI is InChI=1S/C16H21NO4/c1-5-6-7-11-14-12(17(2)3)8-10(20-4)9-13(14)21-15(11)16(18)19/h8-9H,5-7H2,1-4H3,(H,18,19). The predicted octanol–water partition coefficient (Wildman–Crippen LogP) is 3.55. The van der Waals surface area contributed by atoms with Crippen molar-refractivity contribution >= 4 is 22.6 Å². The van der Waals surface area contributed by atoms with E-state index in [4.69, 9.17) is 9.15 Å². The SMILES string of the molecule is CCCCc1c(C(=O)O)oc2cc(OC)cc(N(C)C)c12. The number of nitrogens with zero attached hydrogens (tertiary/aromatic N) is 1. The second-order valence-corrected chi connectivity index (χ2v) is 5.23. The molecule has 0 bridgehead atoms. The number of hydrogen-bond acceptors (Lipinski definition) is 4. The second-order valence-electron chi connectivity index (χ2n) is 5.23. The van der Waals surface area contributed by atoms with Gasteiger partial charge in [-0.2, -0.15) is 0 Å². The first-order chi connectivity index (χ1) is 9.99. The van der Waals surface area contributed by atoms with E-state index in [-0.39, 0.29) is 5.76 Å². The van der Waals surface area contributed by atoms with E-state index in [1.54, 1.807) is 13.2 Å². The third-order valence-corrected chi connectivity index (χ3v) is 3.53. The number of rotatable bonds is 6. The summed E-state index contributed by atoms with van der Waals surface area (Å²) in [7, 11) is 5.43. The number of benzene rings is 1. The molecule has 0 aliphatic carbocycles. The Kier molecular flexibility index (Phi) is 4.40. The molecule has 1 aromatic carbocycles. The molecule has 0 radical (unpaired) electrons. The summed E-state index contributed by atoms with van der Waals surface area (Å²) >= 11 is 0. The van der Waals surface area contributed by atoms with Crippen LogP contribution in [0.25, 0.3) is 11.0 Å². The minimum absolute atomic E-state index is 0.0369. The van der Waals surface area contributed by atoms with Crippen molar-refractivity contribution in [3.63, 3.8) is 0 Å². The van der Waals surface area contributed by atoms with E-state index >= 15 is 0 Å². The van der Waals surface area contributed by atoms with Crippen LogP contribution in [0.15, 0.2) is 16.5 Å². The molecule has 0 aliphatic heterocycles. The molecule has 0 atom stereocenters. The van der Waals surface area contributed by atoms with E-state index in [9.17, 15) is 9.90 Å². The molecule has 5 heteroatoms. The fourth-order valence-corrected chi connectivity index (χ4v) is 2.48. The molecule has 0 spiro atoms. The number of anilines is 1. The van der Waals surface area contributed by atoms with E-state index in [0.717, 1.165) is 29.5 Å². The normalized spacial score (nSPS) is 10.9. The minimum Gasteiger partial charge on any atom is -0.497 e. The fourth-order valence-electron chi connectivity index (χ4n) is 2.48. The Bertz CT molecular complexity index is 658. The van der Waals surface area contributed by atoms with Crippen LogP contribution in [0.3, 0.4) is 0 Å². The van der Waals surface area contributed by atoms with Gasteiger partial charge >= 0.3 is 5.97 Å². The molecule has 0 amide bonds. The topological polar surface area (TPSA) is 62.9 Å². The van der Waals surface area contributed by atoms with Gasteiger partial charge in [0.15, 0.2) is 0 Å². The number of fused-ring (bicyclic) bond motifs is 1. The molecule has 0 saturated carbocycles. The van der Waals surface area contributed by atoms with Crippen LogP contribution < -0.4 is 9.64 Å². The molecule has 2 rings (SSSR count). The average molecular weight is 291 g/mol. The lowest BCUT2D eigenvalue weighted by molar-refractivity contribution is 0.0663. The first kappa shape index (κ1) is 15.2. The number of aryl methyl sites for hydroxylation is 1. The number of carboxylic acid groups (broad SMARTS) is 1. The van der Waals surface area contributed by atoms with E-state index in [1.807, 2.05) is 25.1 Å². The summed E-state index contributed by atoms with van der Waals surface area (Å²) in [5, 5.41) is 10.3. The van der Waals surface area contributed by atoms with Gasteiger partial charge in [0.1, 0.15) is 11.3 Å². The lowest BCUT2D eigenvalue weighted by Gasteiger charge is -2.16. The van der Waals surface area contributed by atoms with Crippen LogP contribution in [0.4, 0.5) is 5.69 Å². The largest absolute Gasteiger partial charge is 0.497 e. The van der Waals surface area contributed by atoms with Crippen LogP contribution in [0.1, 0.15) is 35.9 Å². The summed E-state index contributed by atoms with van der Waals surface area (Å²) in [4.78, 5) is 13.4. The molecule has 114 valence electrons. The molecule has 1 N–H and O–H groups in total. The Morgan fingerprint density at radius 1 is 1.38 bits per heavy atom. The number of furan rings is 1. The Balaban J connectivity index is 2.75. The molecule has 1 aromatic heterocycles. The molecule has 21 heavy (non-hydrogen) atoms. The smallest absolute Gasteiger partial charge is 0.372 e. The van der Waals surface area contributed by atoms with Crippen molar-refractivity contribution in [2.45, 2.75) is 26.2 Å². The van der Waals surface area contributed by atoms with Crippen LogP contribution in [-0.4, -0.2) is 32.3 Å². The highest BCUT2D eigenvalue weighted by Crippen LogP contribution is 2.37. The maximum absolute atomic E-state index is 11.5. The maximum Gasteiger partial charge on any atom is 0.372 e. The van der Waals surface area contributed by atoms with E-state index in [2.05, 4.69) is 6.92 Å². The molecular weight excluding hydrogens is 270 g/mol. The summed E-state index contributed by atoms with van der Waals surface area (Å²) in [5.41, 5.74) is 2.24. The Labute approximate surface area is 124 Å². The second kappa shape index (κ2) is 6.08. The zero-order chi connectivity index (χ0) is 15.6. The highest BCUT2D eigenvalue weighted by atomic mass is 16.5. The average Bonchev–Trinajstić information content (AvgIpc) is 2.82. The number of carbonyl (C=O) groups is 1. The van der Waals surface area contributed by atoms with Crippen molar-refractivity contribution in [2.75, 3.05) is 26.1 Å². The Hall–Kier alpha value is -2.17. The number of ether oxygens (including phenoxy) is 1. The van der Waals surface area contributed by atoms with Gasteiger partial charge in [-0.3, -0.25) is 0 Å². The van der Waals surface area contributed by atoms with Gasteiger partial charge in [-0.25, -0.2) is 4.79 Å². The summed E-state index contributed by atoms with van der Waals surface area (Å²) < 4.78 is 10.9. The van der Waals surface area contributed by atoms with Crippen molar-refractivity contribution in [1.29, 1.82) is 0 Å². The molecule has 1 heterocycles. The van der Waals surface area contributed by atoms with Crippen LogP contribution >= 0.6 is 0 Å². The minimum atomic E-state index is -1.03. The maximum atomic E-state index is 11.5. The number of methoxy groups -OCH3 is 1. The molecule has 0 unspecified atom stereocenters. The molecule has 0 saturated heterocycles. The lowest BCUT2D eigenvalue weighted by Crippen LogP contribution is -2.10. The number of hydrogen-bond donors (Lipinski definition) is 1. The van der Waals surface area contributed by atoms with Crippen LogP contribution in [0.5, 0.6) is 5.75 Å². The number of aromatic carboxylic acids is 1. The van der Waals surface area contributed by atoms with E-state index < -0.39 is 5.97 Å². The van der Waals surface area contributed by atoms with Gasteiger partial charge in [-0.15, -0.1) is 0 Å². The summed E-state index contributed by atoms with van der Waals surface area (Å²) in [6.45, 7) is 2.08. The van der Waals surface area contributed by atoms with Crippen molar-refractivity contribution in [1.82, 2.24) is 0 Å². The lowest BCUT2D eigenvalue weighted by atomic mass is 10.0. The zero-order valence-corrected chi connectivity index (χ0v) is 12.9. The molecule has 0 aliphatic rings. The molecule has 2 aromatic rings. The van der Waals surface area contributed by atoms with E-state index in [1.165, 1.54) is 0 Å². The Morgan fingerprint density at radius 3 is 2.62 bits per heavy atom. The van der Waals surface area contributed by atoms with Gasteiger partial charge < -0.3 is 19.2 Å². The Morgan fingerprint density at radius 2 is 2.10 bits per heavy atom. The molecule has 5 nitrogen and oxygen atoms in total. The van der Waals surface area contributed by atoms with Gasteiger partial charge in [-0.1, -0.05) is 13.3 Å². The van der Waals surface area contributed by atoms with Gasteiger partial charge in [0.05, 0.1) is 12.8 Å². The number of unbranched alkanes of at least 4 members (excludes halogenated alkanes) is 1. The van der Waals surface area contributed by atoms with Gasteiger partial charge in [0, 0.05) is 37.2 Å². The summed E-state index contributed by atoms with van der Waals surface area (Å²) in [6.07, 6.45) is 2.62. The van der Waals surface area contributed by atoms with Crippen LogP contribution in [0, 0.1) is 0 Å². The van der Waals surface area contributed by atoms with Crippen molar-refractivity contribution in [3.05, 3.63) is 23.5 Å². The van der Waals surface area contributed by atoms with Crippen LogP contribution in [-0.2, 0) is 6.42 Å². The van der Waals surface area contributed by atoms with Gasteiger partial charge in [0.2, 0.25) is 5.76 Å². The van der Waals surface area contributed by atoms with Crippen LogP contribution in [0.2, 0.25) is 0 Å². The molecular formula is C16H21NO4. The van der Waals surface area contributed by atoms with E-state index in [0.29, 0.717) is 17.8 Å². The monoisotopic (exact) mass is 291 g/mol. The first-order valence-electron chi connectivity index (χ1n) is 7.03. The van der Waals surface area contributed by atoms with Gasteiger partial charge in [0.25, 0.3) is 0 Å². The zero-order valence-electron chi connectivity index (χ0n) is 12.9. The number of carboxylic acids is 1.